The van der Waals surface area contributed by atoms with E-state index in [0.717, 1.165) is 28.7 Å². The van der Waals surface area contributed by atoms with Gasteiger partial charge < -0.3 is 5.32 Å². The fourth-order valence-corrected chi connectivity index (χ4v) is 2.43. The van der Waals surface area contributed by atoms with Crippen molar-refractivity contribution in [1.29, 1.82) is 0 Å². The molecular weight excluding hydrogens is 306 g/mol. The molecule has 4 nitrogen and oxygen atoms in total. The van der Waals surface area contributed by atoms with Crippen LogP contribution in [0.2, 0.25) is 0 Å². The zero-order valence-electron chi connectivity index (χ0n) is 10.8. The lowest BCUT2D eigenvalue weighted by atomic mass is 9.99. The maximum Gasteiger partial charge on any atom is 0.259 e. The number of rotatable bonds is 4. The summed E-state index contributed by atoms with van der Waals surface area (Å²) in [5.74, 6) is -0.113. The van der Waals surface area contributed by atoms with Gasteiger partial charge in [0.05, 0.1) is 6.54 Å². The van der Waals surface area contributed by atoms with E-state index in [2.05, 4.69) is 31.8 Å². The molecule has 0 radical (unpaired) electrons. The topological polar surface area (TPSA) is 53.5 Å². The van der Waals surface area contributed by atoms with Crippen LogP contribution < -0.4 is 10.7 Å². The molecule has 1 aliphatic carbocycles. The SMILES string of the molecule is O=C(CNc1cccc(Br)c1)NN=C1CCCCC1. The summed E-state index contributed by atoms with van der Waals surface area (Å²) in [6.07, 6.45) is 5.67. The number of amides is 1. The van der Waals surface area contributed by atoms with Crippen LogP contribution in [0.5, 0.6) is 0 Å². The smallest absolute Gasteiger partial charge is 0.259 e. The Bertz CT molecular complexity index is 466. The Morgan fingerprint density at radius 2 is 2.05 bits per heavy atom. The van der Waals surface area contributed by atoms with E-state index in [1.54, 1.807) is 0 Å². The fraction of sp³-hybridized carbons (Fsp3) is 0.429. The normalized spacial score (nSPS) is 14.9. The van der Waals surface area contributed by atoms with Gasteiger partial charge in [-0.1, -0.05) is 28.4 Å². The summed E-state index contributed by atoms with van der Waals surface area (Å²) in [5, 5.41) is 7.24. The van der Waals surface area contributed by atoms with Gasteiger partial charge in [-0.3, -0.25) is 4.79 Å². The second-order valence-corrected chi connectivity index (χ2v) is 5.55. The minimum atomic E-state index is -0.113. The van der Waals surface area contributed by atoms with Crippen LogP contribution in [0.25, 0.3) is 0 Å². The molecule has 0 aromatic heterocycles. The highest BCUT2D eigenvalue weighted by Gasteiger charge is 2.07. The van der Waals surface area contributed by atoms with Crippen LogP contribution in [0.15, 0.2) is 33.8 Å². The number of nitrogens with zero attached hydrogens (tertiary/aromatic N) is 1. The van der Waals surface area contributed by atoms with Crippen molar-refractivity contribution < 1.29 is 4.79 Å². The number of carbonyl (C=O) groups is 1. The molecular formula is C14H18BrN3O. The quantitative estimate of drug-likeness (QED) is 0.835. The van der Waals surface area contributed by atoms with Crippen LogP contribution in [0.3, 0.4) is 0 Å². The standard InChI is InChI=1S/C14H18BrN3O/c15-11-5-4-8-13(9-11)16-10-14(19)18-17-12-6-2-1-3-7-12/h4-5,8-9,16H,1-3,6-7,10H2,(H,18,19). The summed E-state index contributed by atoms with van der Waals surface area (Å²) in [4.78, 5) is 11.7. The van der Waals surface area contributed by atoms with Crippen molar-refractivity contribution in [3.63, 3.8) is 0 Å². The Hall–Kier alpha value is -1.36. The zero-order chi connectivity index (χ0) is 13.5. The highest BCUT2D eigenvalue weighted by atomic mass is 79.9. The number of anilines is 1. The summed E-state index contributed by atoms with van der Waals surface area (Å²) in [6.45, 7) is 0.229. The van der Waals surface area contributed by atoms with Gasteiger partial charge in [-0.05, 0) is 43.9 Å². The van der Waals surface area contributed by atoms with E-state index in [1.807, 2.05) is 24.3 Å². The van der Waals surface area contributed by atoms with E-state index < -0.39 is 0 Å². The van der Waals surface area contributed by atoms with Crippen molar-refractivity contribution in [3.8, 4) is 0 Å². The van der Waals surface area contributed by atoms with Gasteiger partial charge in [-0.25, -0.2) is 5.43 Å². The molecule has 0 bridgehead atoms. The zero-order valence-corrected chi connectivity index (χ0v) is 12.4. The maximum atomic E-state index is 11.7. The lowest BCUT2D eigenvalue weighted by Crippen LogP contribution is -2.27. The number of carbonyl (C=O) groups excluding carboxylic acids is 1. The Labute approximate surface area is 121 Å². The largest absolute Gasteiger partial charge is 0.376 e. The van der Waals surface area contributed by atoms with Crippen LogP contribution in [0, 0.1) is 0 Å². The fourth-order valence-electron chi connectivity index (χ4n) is 2.03. The average molecular weight is 324 g/mol. The van der Waals surface area contributed by atoms with Gasteiger partial charge in [0, 0.05) is 15.9 Å². The number of benzene rings is 1. The summed E-state index contributed by atoms with van der Waals surface area (Å²) in [7, 11) is 0. The molecule has 0 saturated heterocycles. The molecule has 19 heavy (non-hydrogen) atoms. The summed E-state index contributed by atoms with van der Waals surface area (Å²) in [6, 6.07) is 7.72. The van der Waals surface area contributed by atoms with Crippen molar-refractivity contribution >= 4 is 33.2 Å². The van der Waals surface area contributed by atoms with Crippen molar-refractivity contribution in [1.82, 2.24) is 5.43 Å². The molecule has 102 valence electrons. The van der Waals surface area contributed by atoms with Crippen LogP contribution in [0.4, 0.5) is 5.69 Å². The first-order chi connectivity index (χ1) is 9.24. The maximum absolute atomic E-state index is 11.7. The van der Waals surface area contributed by atoms with Crippen molar-refractivity contribution in [2.45, 2.75) is 32.1 Å². The first kappa shape index (κ1) is 14.1. The van der Waals surface area contributed by atoms with E-state index in [4.69, 9.17) is 0 Å². The molecule has 0 heterocycles. The first-order valence-electron chi connectivity index (χ1n) is 6.58. The lowest BCUT2D eigenvalue weighted by Gasteiger charge is -2.12. The Morgan fingerprint density at radius 3 is 2.79 bits per heavy atom. The second-order valence-electron chi connectivity index (χ2n) is 4.64. The molecule has 2 rings (SSSR count). The minimum Gasteiger partial charge on any atom is -0.376 e. The van der Waals surface area contributed by atoms with Gasteiger partial charge in [0.1, 0.15) is 0 Å². The Kier molecular flexibility index (Phi) is 5.39. The van der Waals surface area contributed by atoms with E-state index in [0.29, 0.717) is 0 Å². The van der Waals surface area contributed by atoms with Crippen LogP contribution in [-0.4, -0.2) is 18.2 Å². The molecule has 0 atom stereocenters. The summed E-state index contributed by atoms with van der Waals surface area (Å²) < 4.78 is 0.986. The highest BCUT2D eigenvalue weighted by Crippen LogP contribution is 2.15. The van der Waals surface area contributed by atoms with Gasteiger partial charge >= 0.3 is 0 Å². The molecule has 1 saturated carbocycles. The molecule has 0 aliphatic heterocycles. The lowest BCUT2D eigenvalue weighted by molar-refractivity contribution is -0.119. The molecule has 1 amide bonds. The Morgan fingerprint density at radius 1 is 1.26 bits per heavy atom. The molecule has 1 aromatic carbocycles. The van der Waals surface area contributed by atoms with E-state index in [9.17, 15) is 4.79 Å². The number of nitrogens with one attached hydrogen (secondary N) is 2. The van der Waals surface area contributed by atoms with Crippen molar-refractivity contribution in [2.24, 2.45) is 5.10 Å². The van der Waals surface area contributed by atoms with Gasteiger partial charge in [-0.15, -0.1) is 0 Å². The molecule has 1 fully saturated rings. The minimum absolute atomic E-state index is 0.113. The third kappa shape index (κ3) is 5.03. The number of hydrazone groups is 1. The predicted octanol–water partition coefficient (Wildman–Crippen LogP) is 3.30. The third-order valence-corrected chi connectivity index (χ3v) is 3.54. The molecule has 0 spiro atoms. The van der Waals surface area contributed by atoms with Gasteiger partial charge in [0.25, 0.3) is 5.91 Å². The molecule has 1 aromatic rings. The van der Waals surface area contributed by atoms with Gasteiger partial charge in [-0.2, -0.15) is 5.10 Å². The highest BCUT2D eigenvalue weighted by molar-refractivity contribution is 9.10. The number of hydrogen-bond donors (Lipinski definition) is 2. The molecule has 1 aliphatic rings. The van der Waals surface area contributed by atoms with Crippen molar-refractivity contribution in [2.75, 3.05) is 11.9 Å². The van der Waals surface area contributed by atoms with Crippen LogP contribution in [0.1, 0.15) is 32.1 Å². The van der Waals surface area contributed by atoms with Gasteiger partial charge in [0.15, 0.2) is 0 Å². The summed E-state index contributed by atoms with van der Waals surface area (Å²) in [5.41, 5.74) is 4.64. The average Bonchev–Trinajstić information content (AvgIpc) is 2.44. The second kappa shape index (κ2) is 7.28. The van der Waals surface area contributed by atoms with E-state index in [1.165, 1.54) is 19.3 Å². The van der Waals surface area contributed by atoms with Crippen molar-refractivity contribution in [3.05, 3.63) is 28.7 Å². The van der Waals surface area contributed by atoms with E-state index in [-0.39, 0.29) is 12.5 Å². The Balaban J connectivity index is 1.75. The number of halogens is 1. The predicted molar refractivity (Wildman–Crippen MR) is 81.3 cm³/mol. The summed E-state index contributed by atoms with van der Waals surface area (Å²) >= 11 is 3.39. The molecule has 5 heteroatoms. The van der Waals surface area contributed by atoms with Crippen LogP contribution in [-0.2, 0) is 4.79 Å². The van der Waals surface area contributed by atoms with E-state index >= 15 is 0 Å². The van der Waals surface area contributed by atoms with Gasteiger partial charge in [0.2, 0.25) is 0 Å². The first-order valence-corrected chi connectivity index (χ1v) is 7.37. The number of hydrogen-bond acceptors (Lipinski definition) is 3. The monoisotopic (exact) mass is 323 g/mol. The molecule has 2 N–H and O–H groups in total. The van der Waals surface area contributed by atoms with Crippen LogP contribution >= 0.6 is 15.9 Å². The molecule has 0 unspecified atom stereocenters. The third-order valence-electron chi connectivity index (χ3n) is 3.05.